The minimum absolute atomic E-state index is 0.272. The first-order valence-corrected chi connectivity index (χ1v) is 2.98. The zero-order chi connectivity index (χ0) is 9.14. The third-order valence-electron chi connectivity index (χ3n) is 1.12. The van der Waals surface area contributed by atoms with Gasteiger partial charge in [-0.2, -0.15) is 0 Å². The molecule has 1 heterocycles. The van der Waals surface area contributed by atoms with Gasteiger partial charge >= 0.3 is 17.2 Å². The van der Waals surface area contributed by atoms with Crippen molar-refractivity contribution in [2.24, 2.45) is 0 Å². The average Bonchev–Trinajstić information content (AvgIpc) is 2.11. The molecule has 0 aliphatic carbocycles. The minimum Gasteiger partial charge on any atom is -0.478 e. The maximum Gasteiger partial charge on any atom is 0.339 e. The van der Waals surface area contributed by atoms with Gasteiger partial charge in [0.1, 0.15) is 0 Å². The van der Waals surface area contributed by atoms with Gasteiger partial charge in [0.15, 0.2) is 0 Å². The lowest BCUT2D eigenvalue weighted by molar-refractivity contribution is 0.0696. The van der Waals surface area contributed by atoms with Crippen LogP contribution in [0.25, 0.3) is 0 Å². The first kappa shape index (κ1) is 8.19. The molecule has 0 fully saturated rings. The van der Waals surface area contributed by atoms with Crippen LogP contribution in [0.2, 0.25) is 0 Å². The fraction of sp³-hybridized carbons (Fsp3) is 0. The molecular formula is C7H4O5. The van der Waals surface area contributed by atoms with E-state index >= 15 is 0 Å². The van der Waals surface area contributed by atoms with Crippen LogP contribution in [0.15, 0.2) is 32.2 Å². The molecule has 0 atom stereocenters. The molecule has 0 spiro atoms. The van der Waals surface area contributed by atoms with E-state index in [1.165, 1.54) is 0 Å². The van der Waals surface area contributed by atoms with E-state index in [9.17, 15) is 14.4 Å². The quantitative estimate of drug-likeness (QED) is 0.622. The minimum atomic E-state index is -1.28. The van der Waals surface area contributed by atoms with E-state index in [1.54, 1.807) is 0 Å². The van der Waals surface area contributed by atoms with Crippen LogP contribution in [0, 0.1) is 0 Å². The largest absolute Gasteiger partial charge is 0.478 e. The molecule has 1 N–H and O–H groups in total. The van der Waals surface area contributed by atoms with Crippen LogP contribution >= 0.6 is 0 Å². The fourth-order valence-electron chi connectivity index (χ4n) is 0.629. The van der Waals surface area contributed by atoms with Crippen molar-refractivity contribution in [1.82, 2.24) is 0 Å². The Balaban J connectivity index is 3.50. The Labute approximate surface area is 65.9 Å². The Morgan fingerprint density at radius 2 is 1.92 bits per heavy atom. The topological polar surface area (TPSA) is 84.6 Å². The second-order valence-electron chi connectivity index (χ2n) is 1.98. The van der Waals surface area contributed by atoms with Gasteiger partial charge in [0.05, 0.1) is 5.56 Å². The fourth-order valence-corrected chi connectivity index (χ4v) is 0.629. The highest BCUT2D eigenvalue weighted by molar-refractivity contribution is 5.87. The maximum atomic E-state index is 10.6. The normalized spacial score (nSPS) is 9.33. The van der Waals surface area contributed by atoms with E-state index in [-0.39, 0.29) is 5.56 Å². The average molecular weight is 168 g/mol. The van der Waals surface area contributed by atoms with Gasteiger partial charge in [-0.25, -0.2) is 14.4 Å². The predicted molar refractivity (Wildman–Crippen MR) is 38.2 cm³/mol. The van der Waals surface area contributed by atoms with Crippen molar-refractivity contribution < 1.29 is 14.3 Å². The van der Waals surface area contributed by atoms with Crippen molar-refractivity contribution in [3.63, 3.8) is 0 Å². The van der Waals surface area contributed by atoms with Crippen LogP contribution in [0.1, 0.15) is 10.4 Å². The summed E-state index contributed by atoms with van der Waals surface area (Å²) in [5, 5.41) is 8.43. The summed E-state index contributed by atoms with van der Waals surface area (Å²) >= 11 is 0. The number of hydrogen-bond donors (Lipinski definition) is 1. The van der Waals surface area contributed by atoms with Crippen LogP contribution in [-0.2, 0) is 0 Å². The molecule has 1 aromatic heterocycles. The lowest BCUT2D eigenvalue weighted by atomic mass is 10.3. The Morgan fingerprint density at radius 3 is 2.50 bits per heavy atom. The lowest BCUT2D eigenvalue weighted by Crippen LogP contribution is -2.03. The molecule has 62 valence electrons. The molecule has 12 heavy (non-hydrogen) atoms. The molecule has 0 saturated carbocycles. The van der Waals surface area contributed by atoms with Crippen LogP contribution in [0.4, 0.5) is 0 Å². The Morgan fingerprint density at radius 1 is 1.25 bits per heavy atom. The Kier molecular flexibility index (Phi) is 2.05. The van der Waals surface area contributed by atoms with Crippen LogP contribution < -0.4 is 11.3 Å². The van der Waals surface area contributed by atoms with Gasteiger partial charge < -0.3 is 9.52 Å². The standard InChI is InChI=1S/C7H4O5/c8-5-2-1-4(7(10)11)3-6(9)12-5/h1-3H,(H,10,11). The molecule has 1 rings (SSSR count). The van der Waals surface area contributed by atoms with Gasteiger partial charge in [0, 0.05) is 12.1 Å². The lowest BCUT2D eigenvalue weighted by Gasteiger charge is -1.81. The molecule has 5 nitrogen and oxygen atoms in total. The number of carboxylic acid groups (broad SMARTS) is 1. The van der Waals surface area contributed by atoms with Crippen molar-refractivity contribution >= 4 is 5.97 Å². The summed E-state index contributed by atoms with van der Waals surface area (Å²) in [5.41, 5.74) is -2.11. The summed E-state index contributed by atoms with van der Waals surface area (Å²) in [4.78, 5) is 31.4. The number of carbonyl (C=O) groups is 1. The van der Waals surface area contributed by atoms with Gasteiger partial charge in [-0.05, 0) is 6.07 Å². The van der Waals surface area contributed by atoms with Crippen molar-refractivity contribution in [3.05, 3.63) is 44.6 Å². The highest BCUT2D eigenvalue weighted by Crippen LogP contribution is 1.89. The number of aromatic carboxylic acids is 1. The summed E-state index contributed by atoms with van der Waals surface area (Å²) in [7, 11) is 0. The van der Waals surface area contributed by atoms with E-state index < -0.39 is 17.2 Å². The smallest absolute Gasteiger partial charge is 0.339 e. The predicted octanol–water partition coefficient (Wildman–Crippen LogP) is -0.302. The van der Waals surface area contributed by atoms with Crippen LogP contribution in [0.5, 0.6) is 0 Å². The second kappa shape index (κ2) is 3.00. The molecule has 0 aliphatic heterocycles. The molecule has 0 aromatic carbocycles. The van der Waals surface area contributed by atoms with Gasteiger partial charge in [0.25, 0.3) is 0 Å². The van der Waals surface area contributed by atoms with Gasteiger partial charge in [-0.15, -0.1) is 0 Å². The van der Waals surface area contributed by atoms with E-state index in [4.69, 9.17) is 5.11 Å². The summed E-state index contributed by atoms with van der Waals surface area (Å²) in [6, 6.07) is 2.63. The SMILES string of the molecule is O=C(O)c1ccc(=O)oc(=O)c1. The van der Waals surface area contributed by atoms with E-state index in [0.717, 1.165) is 18.2 Å². The van der Waals surface area contributed by atoms with E-state index in [0.29, 0.717) is 0 Å². The van der Waals surface area contributed by atoms with Crippen molar-refractivity contribution in [3.8, 4) is 0 Å². The Hall–Kier alpha value is -1.91. The number of carboxylic acids is 1. The zero-order valence-electron chi connectivity index (χ0n) is 5.81. The van der Waals surface area contributed by atoms with E-state index in [1.807, 2.05) is 0 Å². The third-order valence-corrected chi connectivity index (χ3v) is 1.12. The molecule has 0 bridgehead atoms. The number of rotatable bonds is 1. The van der Waals surface area contributed by atoms with Crippen molar-refractivity contribution in [2.75, 3.05) is 0 Å². The van der Waals surface area contributed by atoms with Crippen molar-refractivity contribution in [2.45, 2.75) is 0 Å². The molecule has 0 radical (unpaired) electrons. The summed E-state index contributed by atoms with van der Waals surface area (Å²) < 4.78 is 4.09. The first-order chi connectivity index (χ1) is 5.59. The van der Waals surface area contributed by atoms with Crippen molar-refractivity contribution in [1.29, 1.82) is 0 Å². The molecule has 1 aromatic rings. The number of hydrogen-bond acceptors (Lipinski definition) is 4. The van der Waals surface area contributed by atoms with Crippen LogP contribution in [0.3, 0.4) is 0 Å². The highest BCUT2D eigenvalue weighted by Gasteiger charge is 2.01. The summed E-state index contributed by atoms with van der Waals surface area (Å²) in [6.07, 6.45) is 0. The first-order valence-electron chi connectivity index (χ1n) is 2.98. The molecule has 0 saturated heterocycles. The maximum absolute atomic E-state index is 10.6. The van der Waals surface area contributed by atoms with Gasteiger partial charge in [-0.3, -0.25) is 0 Å². The molecule has 0 unspecified atom stereocenters. The van der Waals surface area contributed by atoms with Crippen LogP contribution in [-0.4, -0.2) is 11.1 Å². The second-order valence-corrected chi connectivity index (χ2v) is 1.98. The summed E-state index contributed by atoms with van der Waals surface area (Å²) in [5.74, 6) is -1.28. The highest BCUT2D eigenvalue weighted by atomic mass is 16.4. The third kappa shape index (κ3) is 1.79. The van der Waals surface area contributed by atoms with Gasteiger partial charge in [0.2, 0.25) is 0 Å². The summed E-state index contributed by atoms with van der Waals surface area (Å²) in [6.45, 7) is 0. The zero-order valence-corrected chi connectivity index (χ0v) is 5.81. The molecule has 5 heteroatoms. The molecule has 0 amide bonds. The molecular weight excluding hydrogens is 164 g/mol. The monoisotopic (exact) mass is 168 g/mol. The van der Waals surface area contributed by atoms with E-state index in [2.05, 4.69) is 4.42 Å². The molecule has 0 aliphatic rings. The van der Waals surface area contributed by atoms with Gasteiger partial charge in [-0.1, -0.05) is 0 Å². The Bertz CT molecular complexity index is 417.